The summed E-state index contributed by atoms with van der Waals surface area (Å²) in [7, 11) is -4.45. The average molecular weight is 704 g/mol. The van der Waals surface area contributed by atoms with Crippen LogP contribution in [-0.4, -0.2) is 129 Å². The molecule has 2 aromatic heterocycles. The van der Waals surface area contributed by atoms with E-state index in [0.29, 0.717) is 17.9 Å². The van der Waals surface area contributed by atoms with E-state index in [9.17, 15) is 31.9 Å². The van der Waals surface area contributed by atoms with Crippen LogP contribution in [0.5, 0.6) is 6.01 Å². The molecule has 1 aromatic carbocycles. The van der Waals surface area contributed by atoms with Crippen LogP contribution in [-0.2, 0) is 21.2 Å². The fourth-order valence-electron chi connectivity index (χ4n) is 2.89. The van der Waals surface area contributed by atoms with Crippen molar-refractivity contribution < 1.29 is 84.6 Å². The minimum atomic E-state index is -4.45. The minimum absolute atomic E-state index is 0. The molecular formula is C22H33Li2N12O10S2-. The zero-order valence-electron chi connectivity index (χ0n) is 26.2. The molecular weight excluding hydrogens is 670 g/mol. The number of rotatable bonds is 19. The number of nitrogens with zero attached hydrogens (tertiary/aromatic N) is 6. The van der Waals surface area contributed by atoms with Crippen molar-refractivity contribution in [3.05, 3.63) is 30.6 Å². The first kappa shape index (κ1) is 45.2. The Labute approximate surface area is 302 Å². The van der Waals surface area contributed by atoms with Gasteiger partial charge in [0, 0.05) is 30.8 Å². The summed E-state index contributed by atoms with van der Waals surface area (Å²) in [5.74, 6) is -0.770. The van der Waals surface area contributed by atoms with Gasteiger partial charge in [0.15, 0.2) is 0 Å². The third kappa shape index (κ3) is 19.9. The topological polar surface area (TPSA) is 337 Å². The summed E-state index contributed by atoms with van der Waals surface area (Å²) in [5, 5.41) is 52.4. The van der Waals surface area contributed by atoms with Crippen molar-refractivity contribution in [3.8, 4) is 6.01 Å². The zero-order valence-corrected chi connectivity index (χ0v) is 27.8. The molecule has 0 radical (unpaired) electrons. The van der Waals surface area contributed by atoms with Crippen LogP contribution in [0.3, 0.4) is 0 Å². The van der Waals surface area contributed by atoms with E-state index in [2.05, 4.69) is 68.1 Å². The van der Waals surface area contributed by atoms with Crippen LogP contribution in [0.2, 0.25) is 0 Å². The SMILES string of the molecule is CCNC(O)Oc1n[c-]nc(Nc2cccc(Nc3nc(NCCS(=O)(=O)[O-])nc(NCC(O)CO)n3)c2)n1.O=S([O-])CNCO.[Li+].[Li+]. The van der Waals surface area contributed by atoms with E-state index in [1.54, 1.807) is 31.2 Å². The van der Waals surface area contributed by atoms with Crippen LogP contribution < -0.4 is 74.4 Å². The second kappa shape index (κ2) is 24.4. The summed E-state index contributed by atoms with van der Waals surface area (Å²) in [6.07, 6.45) is -0.00177. The number of ether oxygens (including phenoxy) is 1. The van der Waals surface area contributed by atoms with E-state index in [-0.39, 0.29) is 93.2 Å². The largest absolute Gasteiger partial charge is 1.00 e. The van der Waals surface area contributed by atoms with Gasteiger partial charge in [-0.2, -0.15) is 15.0 Å². The number of hydrogen-bond acceptors (Lipinski definition) is 22. The number of aromatic nitrogens is 6. The van der Waals surface area contributed by atoms with Gasteiger partial charge in [-0.15, -0.1) is 0 Å². The Hall–Kier alpha value is -2.79. The standard InChI is InChI=1S/C20H28N11O7S.C2H7NO3S.2Li/c1-2-21-20(34)38-19-25-11-24-17(31-19)26-12-4-3-5-13(8-12)27-18-29-15(22-6-7-39(35,36)37)28-16(30-18)23-9-14(33)10-32;4-1-3-2-7(5)6;;/h3-5,8,14,20-21,32-34H,2,6-7,9-10H2,1H3,(H,35,36,37)(H,24,25,26,31)(H3,22,23,27,28,29,30);3-4H,1-2H2,(H,5,6);;/q-1;;2*+1/p-2. The number of nitrogens with one attached hydrogen (secondary N) is 6. The van der Waals surface area contributed by atoms with E-state index in [1.807, 2.05) is 0 Å². The summed E-state index contributed by atoms with van der Waals surface area (Å²) >= 11 is -2.09. The summed E-state index contributed by atoms with van der Waals surface area (Å²) in [5.41, 5.74) is 1.05. The van der Waals surface area contributed by atoms with Gasteiger partial charge in [-0.05, 0) is 35.8 Å². The number of aliphatic hydroxyl groups excluding tert-OH is 4. The molecule has 3 atom stereocenters. The zero-order chi connectivity index (χ0) is 34.0. The molecule has 0 aliphatic heterocycles. The minimum Gasteiger partial charge on any atom is -0.771 e. The summed E-state index contributed by atoms with van der Waals surface area (Å²) in [6.45, 7) is 1.15. The summed E-state index contributed by atoms with van der Waals surface area (Å²) < 4.78 is 57.0. The molecule has 0 saturated carbocycles. The van der Waals surface area contributed by atoms with Gasteiger partial charge < -0.3 is 65.5 Å². The van der Waals surface area contributed by atoms with Crippen LogP contribution in [0, 0.1) is 6.33 Å². The van der Waals surface area contributed by atoms with E-state index in [1.165, 1.54) is 0 Å². The third-order valence-electron chi connectivity index (χ3n) is 4.78. The van der Waals surface area contributed by atoms with Gasteiger partial charge in [0.05, 0.1) is 41.2 Å². The van der Waals surface area contributed by atoms with Gasteiger partial charge in [0.1, 0.15) is 5.95 Å². The molecule has 3 unspecified atom stereocenters. The van der Waals surface area contributed by atoms with Crippen molar-refractivity contribution >= 4 is 56.4 Å². The molecule has 22 nitrogen and oxygen atoms in total. The fourth-order valence-corrected chi connectivity index (χ4v) is 3.50. The molecule has 10 N–H and O–H groups in total. The maximum absolute atomic E-state index is 10.9. The van der Waals surface area contributed by atoms with Crippen molar-refractivity contribution in [1.82, 2.24) is 40.5 Å². The van der Waals surface area contributed by atoms with Gasteiger partial charge in [0.2, 0.25) is 30.3 Å². The third-order valence-corrected chi connectivity index (χ3v) is 5.93. The smallest absolute Gasteiger partial charge is 0.771 e. The van der Waals surface area contributed by atoms with E-state index < -0.39 is 46.1 Å². The first-order chi connectivity index (χ1) is 21.9. The Morgan fingerprint density at radius 3 is 2.17 bits per heavy atom. The summed E-state index contributed by atoms with van der Waals surface area (Å²) in [6, 6.07) is 6.64. The molecule has 0 fully saturated rings. The predicted octanol–water partition coefficient (Wildman–Crippen LogP) is -9.30. The molecule has 2 heterocycles. The van der Waals surface area contributed by atoms with E-state index in [0.717, 1.165) is 0 Å². The molecule has 3 rings (SSSR count). The molecule has 0 aliphatic rings. The maximum Gasteiger partial charge on any atom is 1.00 e. The molecule has 0 bridgehead atoms. The number of hydrogen-bond donors (Lipinski definition) is 10. The fraction of sp³-hybridized carbons (Fsp3) is 0.455. The normalized spacial score (nSPS) is 12.5. The maximum atomic E-state index is 10.9. The monoisotopic (exact) mass is 703 g/mol. The van der Waals surface area contributed by atoms with Gasteiger partial charge in [-0.25, -0.2) is 8.42 Å². The molecule has 26 heteroatoms. The molecule has 0 amide bonds. The van der Waals surface area contributed by atoms with Gasteiger partial charge >= 0.3 is 37.7 Å². The molecule has 0 aliphatic carbocycles. The van der Waals surface area contributed by atoms with Crippen LogP contribution in [0.15, 0.2) is 24.3 Å². The molecule has 0 saturated heterocycles. The van der Waals surface area contributed by atoms with E-state index in [4.69, 9.17) is 14.9 Å². The van der Waals surface area contributed by atoms with Crippen molar-refractivity contribution in [2.24, 2.45) is 0 Å². The van der Waals surface area contributed by atoms with Crippen LogP contribution in [0.4, 0.5) is 35.2 Å². The Kier molecular flexibility index (Phi) is 23.0. The van der Waals surface area contributed by atoms with Crippen molar-refractivity contribution in [3.63, 3.8) is 0 Å². The second-order valence-electron chi connectivity index (χ2n) is 8.47. The number of anilines is 6. The van der Waals surface area contributed by atoms with Gasteiger partial charge in [-0.1, -0.05) is 13.0 Å². The van der Waals surface area contributed by atoms with Crippen LogP contribution in [0.25, 0.3) is 0 Å². The first-order valence-corrected chi connectivity index (χ1v) is 15.9. The quantitative estimate of drug-likeness (QED) is 0.0182. The molecule has 256 valence electrons. The Bertz CT molecular complexity index is 1490. The Morgan fingerprint density at radius 1 is 0.979 bits per heavy atom. The van der Waals surface area contributed by atoms with Crippen LogP contribution in [0.1, 0.15) is 6.92 Å². The van der Waals surface area contributed by atoms with Gasteiger partial charge in [0.25, 0.3) is 0 Å². The van der Waals surface area contributed by atoms with E-state index >= 15 is 0 Å². The van der Waals surface area contributed by atoms with Crippen molar-refractivity contribution in [2.75, 3.05) is 65.9 Å². The van der Waals surface area contributed by atoms with Crippen LogP contribution >= 0.6 is 0 Å². The number of aliphatic hydroxyl groups is 4. The second-order valence-corrected chi connectivity index (χ2v) is 10.9. The summed E-state index contributed by atoms with van der Waals surface area (Å²) in [4.78, 5) is 24.1. The molecule has 48 heavy (non-hydrogen) atoms. The molecule has 0 spiro atoms. The first-order valence-electron chi connectivity index (χ1n) is 13.1. The van der Waals surface area contributed by atoms with Crippen molar-refractivity contribution in [1.29, 1.82) is 0 Å². The van der Waals surface area contributed by atoms with Gasteiger partial charge in [-0.3, -0.25) is 19.8 Å². The Balaban J connectivity index is 0.00000221. The number of benzene rings is 1. The predicted molar refractivity (Wildman–Crippen MR) is 160 cm³/mol. The molecule has 3 aromatic rings. The van der Waals surface area contributed by atoms with Crippen molar-refractivity contribution in [2.45, 2.75) is 19.4 Å². The Morgan fingerprint density at radius 2 is 1.60 bits per heavy atom. The average Bonchev–Trinajstić information content (AvgIpc) is 2.99.